The zero-order valence-corrected chi connectivity index (χ0v) is 5.40. The van der Waals surface area contributed by atoms with Crippen LogP contribution < -0.4 is 0 Å². The van der Waals surface area contributed by atoms with Gasteiger partial charge in [-0.15, -0.1) is 0 Å². The summed E-state index contributed by atoms with van der Waals surface area (Å²) in [6, 6.07) is 0. The third-order valence-corrected chi connectivity index (χ3v) is 2.51. The molecule has 3 atom stereocenters. The minimum atomic E-state index is -0.249. The molecule has 0 saturated heterocycles. The highest BCUT2D eigenvalue weighted by Crippen LogP contribution is 2.60. The normalized spacial score (nSPS) is 40.6. The average Bonchev–Trinajstić information content (AvgIpc) is 2.42. The lowest BCUT2D eigenvalue weighted by Gasteiger charge is -2.20. The Balaban J connectivity index is 1.99. The number of hydrogen-bond donors (Lipinski definition) is 0. The van der Waals surface area contributed by atoms with Crippen molar-refractivity contribution in [1.82, 2.24) is 0 Å². The Morgan fingerprint density at radius 2 is 2.40 bits per heavy atom. The van der Waals surface area contributed by atoms with Gasteiger partial charge in [0.05, 0.1) is 0 Å². The van der Waals surface area contributed by atoms with Crippen LogP contribution in [0.3, 0.4) is 0 Å². The van der Waals surface area contributed by atoms with Crippen LogP contribution in [0.2, 0.25) is 0 Å². The fraction of sp³-hybridized carbons (Fsp3) is 0.833. The van der Waals surface area contributed by atoms with Crippen LogP contribution in [-0.4, -0.2) is 5.91 Å². The van der Waals surface area contributed by atoms with E-state index in [1.807, 2.05) is 0 Å². The van der Waals surface area contributed by atoms with Crippen LogP contribution in [0, 0.1) is 17.8 Å². The zero-order chi connectivity index (χ0) is 7.14. The van der Waals surface area contributed by atoms with Gasteiger partial charge in [0.1, 0.15) is 0 Å². The zero-order valence-electron chi connectivity index (χ0n) is 5.40. The Bertz CT molecular complexity index is 231. The van der Waals surface area contributed by atoms with Crippen molar-refractivity contribution in [2.75, 3.05) is 0 Å². The smallest absolute Gasteiger partial charge is 0.222 e. The topological polar surface area (TPSA) is 65.8 Å². The molecule has 52 valence electrons. The van der Waals surface area contributed by atoms with E-state index < -0.39 is 0 Å². The molecular formula is C6H7N3O. The molecule has 0 aromatic heterocycles. The predicted molar refractivity (Wildman–Crippen MR) is 33.9 cm³/mol. The number of carbonyl (C=O) groups is 1. The van der Waals surface area contributed by atoms with Crippen LogP contribution >= 0.6 is 0 Å². The van der Waals surface area contributed by atoms with Gasteiger partial charge in [0, 0.05) is 10.8 Å². The summed E-state index contributed by atoms with van der Waals surface area (Å²) in [5, 5.41) is 3.07. The summed E-state index contributed by atoms with van der Waals surface area (Å²) < 4.78 is 0. The van der Waals surface area contributed by atoms with E-state index in [1.54, 1.807) is 0 Å². The molecule has 0 bridgehead atoms. The highest BCUT2D eigenvalue weighted by Gasteiger charge is 2.55. The molecule has 0 aliphatic heterocycles. The van der Waals surface area contributed by atoms with Crippen LogP contribution in [0.25, 0.3) is 10.4 Å². The Morgan fingerprint density at radius 3 is 2.80 bits per heavy atom. The van der Waals surface area contributed by atoms with Gasteiger partial charge in [-0.25, -0.2) is 0 Å². The minimum absolute atomic E-state index is 0.0842. The summed E-state index contributed by atoms with van der Waals surface area (Å²) in [5.41, 5.74) is 7.94. The molecule has 2 aliphatic rings. The van der Waals surface area contributed by atoms with Crippen LogP contribution in [-0.2, 0) is 4.79 Å². The summed E-state index contributed by atoms with van der Waals surface area (Å²) in [5.74, 6) is 1.21. The van der Waals surface area contributed by atoms with E-state index in [0.717, 1.165) is 12.3 Å². The molecule has 0 N–H and O–H groups in total. The summed E-state index contributed by atoms with van der Waals surface area (Å²) in [6.07, 6.45) is 2.14. The lowest BCUT2D eigenvalue weighted by molar-refractivity contribution is -0.124. The maximum Gasteiger partial charge on any atom is 0.222 e. The summed E-state index contributed by atoms with van der Waals surface area (Å²) in [7, 11) is 0. The van der Waals surface area contributed by atoms with Gasteiger partial charge >= 0.3 is 0 Å². The predicted octanol–water partition coefficient (Wildman–Crippen LogP) is 1.48. The van der Waals surface area contributed by atoms with Gasteiger partial charge in [0.2, 0.25) is 5.91 Å². The summed E-state index contributed by atoms with van der Waals surface area (Å²) in [4.78, 5) is 13.3. The van der Waals surface area contributed by atoms with Crippen molar-refractivity contribution in [3.8, 4) is 0 Å². The van der Waals surface area contributed by atoms with Crippen molar-refractivity contribution in [1.29, 1.82) is 0 Å². The number of carbonyl (C=O) groups excluding carboxylic acids is 1. The fourth-order valence-corrected chi connectivity index (χ4v) is 1.74. The molecular weight excluding hydrogens is 130 g/mol. The molecule has 2 saturated carbocycles. The second kappa shape index (κ2) is 1.73. The van der Waals surface area contributed by atoms with E-state index in [1.165, 1.54) is 6.42 Å². The van der Waals surface area contributed by atoms with Crippen molar-refractivity contribution in [2.24, 2.45) is 22.9 Å². The van der Waals surface area contributed by atoms with Crippen LogP contribution in [0.5, 0.6) is 0 Å². The molecule has 0 radical (unpaired) electrons. The molecule has 2 rings (SSSR count). The number of azide groups is 1. The van der Waals surface area contributed by atoms with Gasteiger partial charge in [-0.05, 0) is 35.3 Å². The standard InChI is InChI=1S/C6H7N3O/c7-9-8-6(10)5-2-3-1-4(3)5/h3-5H,1-2H2. The van der Waals surface area contributed by atoms with Gasteiger partial charge in [-0.2, -0.15) is 0 Å². The maximum atomic E-state index is 10.8. The molecule has 0 aromatic rings. The van der Waals surface area contributed by atoms with E-state index in [4.69, 9.17) is 5.53 Å². The van der Waals surface area contributed by atoms with Gasteiger partial charge in [-0.1, -0.05) is 0 Å². The molecule has 3 unspecified atom stereocenters. The van der Waals surface area contributed by atoms with Gasteiger partial charge in [0.25, 0.3) is 0 Å². The number of hydrogen-bond acceptors (Lipinski definition) is 1. The van der Waals surface area contributed by atoms with Crippen molar-refractivity contribution < 1.29 is 4.79 Å². The second-order valence-electron chi connectivity index (χ2n) is 3.03. The molecule has 2 fully saturated rings. The maximum absolute atomic E-state index is 10.8. The highest BCUT2D eigenvalue weighted by molar-refractivity contribution is 5.81. The van der Waals surface area contributed by atoms with Crippen molar-refractivity contribution >= 4 is 5.91 Å². The van der Waals surface area contributed by atoms with E-state index in [-0.39, 0.29) is 11.8 Å². The van der Waals surface area contributed by atoms with Gasteiger partial charge < -0.3 is 0 Å². The largest absolute Gasteiger partial charge is 0.292 e. The van der Waals surface area contributed by atoms with Crippen LogP contribution in [0.15, 0.2) is 5.11 Å². The Labute approximate surface area is 57.8 Å². The SMILES string of the molecule is [N-]=[N+]=NC(=O)C1CC2CC21. The third kappa shape index (κ3) is 0.625. The molecule has 2 aliphatic carbocycles. The Morgan fingerprint density at radius 1 is 1.60 bits per heavy atom. The van der Waals surface area contributed by atoms with E-state index in [9.17, 15) is 4.79 Å². The van der Waals surface area contributed by atoms with E-state index in [2.05, 4.69) is 10.0 Å². The first kappa shape index (κ1) is 5.74. The van der Waals surface area contributed by atoms with E-state index >= 15 is 0 Å². The lowest BCUT2D eigenvalue weighted by atomic mass is 9.85. The van der Waals surface area contributed by atoms with Crippen molar-refractivity contribution in [3.05, 3.63) is 10.4 Å². The molecule has 0 aromatic carbocycles. The van der Waals surface area contributed by atoms with E-state index in [0.29, 0.717) is 5.92 Å². The number of amides is 1. The van der Waals surface area contributed by atoms with Crippen LogP contribution in [0.4, 0.5) is 0 Å². The van der Waals surface area contributed by atoms with Crippen molar-refractivity contribution in [2.45, 2.75) is 12.8 Å². The van der Waals surface area contributed by atoms with Crippen molar-refractivity contribution in [3.63, 3.8) is 0 Å². The first-order valence-electron chi connectivity index (χ1n) is 3.42. The molecule has 0 spiro atoms. The summed E-state index contributed by atoms with van der Waals surface area (Å²) >= 11 is 0. The van der Waals surface area contributed by atoms with Gasteiger partial charge in [0.15, 0.2) is 0 Å². The monoisotopic (exact) mass is 137 g/mol. The number of rotatable bonds is 1. The first-order valence-corrected chi connectivity index (χ1v) is 3.42. The second-order valence-corrected chi connectivity index (χ2v) is 3.03. The summed E-state index contributed by atoms with van der Waals surface area (Å²) in [6.45, 7) is 0. The van der Waals surface area contributed by atoms with Crippen LogP contribution in [0.1, 0.15) is 12.8 Å². The minimum Gasteiger partial charge on any atom is -0.292 e. The number of fused-ring (bicyclic) bond motifs is 1. The molecule has 4 nitrogen and oxygen atoms in total. The van der Waals surface area contributed by atoms with Gasteiger partial charge in [-0.3, -0.25) is 4.79 Å². The Hall–Kier alpha value is -1.02. The number of nitrogens with zero attached hydrogens (tertiary/aromatic N) is 3. The first-order chi connectivity index (χ1) is 4.83. The highest BCUT2D eigenvalue weighted by atomic mass is 16.2. The molecule has 4 heteroatoms. The average molecular weight is 137 g/mol. The fourth-order valence-electron chi connectivity index (χ4n) is 1.74. The lowest BCUT2D eigenvalue weighted by Crippen LogP contribution is -2.23. The molecule has 1 amide bonds. The molecule has 0 heterocycles. The molecule has 10 heavy (non-hydrogen) atoms. The quantitative estimate of drug-likeness (QED) is 0.306. The third-order valence-electron chi connectivity index (χ3n) is 2.51. The Kier molecular flexibility index (Phi) is 0.995.